The Kier molecular flexibility index (Phi) is 8.56. The first kappa shape index (κ1) is 29.9. The van der Waals surface area contributed by atoms with Gasteiger partial charge in [0.2, 0.25) is 5.91 Å². The largest absolute Gasteiger partial charge is 0.495 e. The average Bonchev–Trinajstić information content (AvgIpc) is 3.45. The summed E-state index contributed by atoms with van der Waals surface area (Å²) in [5.41, 5.74) is 2.95. The Morgan fingerprint density at radius 3 is 2.42 bits per heavy atom. The van der Waals surface area contributed by atoms with Gasteiger partial charge in [0.15, 0.2) is 5.79 Å². The number of likely N-dealkylation sites (tertiary alicyclic amines) is 1. The summed E-state index contributed by atoms with van der Waals surface area (Å²) >= 11 is 0. The number of benzene rings is 3. The molecule has 2 saturated heterocycles. The molecule has 2 aliphatic rings. The maximum Gasteiger partial charge on any atom is 0.335 e. The second-order valence-corrected chi connectivity index (χ2v) is 11.0. The van der Waals surface area contributed by atoms with Crippen LogP contribution in [0.5, 0.6) is 11.5 Å². The number of para-hydroxylation sites is 1. The number of ether oxygens (including phenoxy) is 4. The average molecular weight is 590 g/mol. The zero-order valence-electron chi connectivity index (χ0n) is 24.5. The fourth-order valence-electron chi connectivity index (χ4n) is 5.40. The summed E-state index contributed by atoms with van der Waals surface area (Å²) in [7, 11) is 1.50. The molecule has 2 fully saturated rings. The number of amides is 3. The van der Waals surface area contributed by atoms with Gasteiger partial charge in [-0.15, -0.1) is 0 Å². The quantitative estimate of drug-likeness (QED) is 0.327. The van der Waals surface area contributed by atoms with Gasteiger partial charge in [-0.3, -0.25) is 4.79 Å². The molecule has 11 heteroatoms. The highest BCUT2D eigenvalue weighted by molar-refractivity contribution is 6.01. The molecule has 2 aliphatic heterocycles. The van der Waals surface area contributed by atoms with Crippen LogP contribution in [0.3, 0.4) is 0 Å². The van der Waals surface area contributed by atoms with Crippen LogP contribution in [0.2, 0.25) is 0 Å². The number of nitrogens with zero attached hydrogens (tertiary/aromatic N) is 1. The minimum Gasteiger partial charge on any atom is -0.495 e. The smallest absolute Gasteiger partial charge is 0.335 e. The number of rotatable bonds is 9. The maximum absolute atomic E-state index is 13.6. The predicted molar refractivity (Wildman–Crippen MR) is 159 cm³/mol. The van der Waals surface area contributed by atoms with Gasteiger partial charge in [0.05, 0.1) is 37.4 Å². The number of carboxylic acids is 1. The van der Waals surface area contributed by atoms with Crippen molar-refractivity contribution in [2.24, 2.45) is 0 Å². The van der Waals surface area contributed by atoms with E-state index < -0.39 is 23.8 Å². The Balaban J connectivity index is 1.26. The van der Waals surface area contributed by atoms with Gasteiger partial charge in [0.1, 0.15) is 30.3 Å². The minimum absolute atomic E-state index is 0.0820. The lowest BCUT2D eigenvalue weighted by Gasteiger charge is -2.30. The number of aryl methyl sites for hydroxylation is 1. The van der Waals surface area contributed by atoms with Crippen molar-refractivity contribution in [2.75, 3.05) is 30.9 Å². The second kappa shape index (κ2) is 12.3. The normalized spacial score (nSPS) is 20.3. The fourth-order valence-corrected chi connectivity index (χ4v) is 5.40. The SMILES string of the molecule is COc1cc(CC(=O)N2C[C@@H]3OC(C)(C)O[C@@H]3[C@H]2COc2ccc(C(=O)O)cc2)ccc1NC(=O)Nc1ccccc1C. The molecule has 3 N–H and O–H groups in total. The summed E-state index contributed by atoms with van der Waals surface area (Å²) < 4.78 is 23.7. The van der Waals surface area contributed by atoms with Crippen molar-refractivity contribution in [3.63, 3.8) is 0 Å². The number of carbonyl (C=O) groups is 3. The lowest BCUT2D eigenvalue weighted by molar-refractivity contribution is -0.168. The Morgan fingerprint density at radius 2 is 1.72 bits per heavy atom. The van der Waals surface area contributed by atoms with E-state index in [9.17, 15) is 14.4 Å². The molecule has 5 rings (SSSR count). The predicted octanol–water partition coefficient (Wildman–Crippen LogP) is 4.70. The van der Waals surface area contributed by atoms with Crippen LogP contribution < -0.4 is 20.1 Å². The molecule has 0 spiro atoms. The van der Waals surface area contributed by atoms with Crippen molar-refractivity contribution >= 4 is 29.3 Å². The van der Waals surface area contributed by atoms with E-state index >= 15 is 0 Å². The molecule has 0 bridgehead atoms. The number of aromatic carboxylic acids is 1. The van der Waals surface area contributed by atoms with E-state index in [1.807, 2.05) is 45.0 Å². The zero-order chi connectivity index (χ0) is 30.7. The third kappa shape index (κ3) is 6.90. The molecule has 0 radical (unpaired) electrons. The summed E-state index contributed by atoms with van der Waals surface area (Å²) in [5.74, 6) is -1.05. The van der Waals surface area contributed by atoms with E-state index in [-0.39, 0.29) is 36.7 Å². The molecule has 0 unspecified atom stereocenters. The Labute approximate surface area is 249 Å². The Hall–Kier alpha value is -4.61. The summed E-state index contributed by atoms with van der Waals surface area (Å²) in [6.07, 6.45) is -0.612. The molecule has 0 saturated carbocycles. The van der Waals surface area contributed by atoms with E-state index in [1.165, 1.54) is 19.2 Å². The molecule has 11 nitrogen and oxygen atoms in total. The third-order valence-corrected chi connectivity index (χ3v) is 7.48. The van der Waals surface area contributed by atoms with Gasteiger partial charge in [-0.2, -0.15) is 0 Å². The lowest BCUT2D eigenvalue weighted by Crippen LogP contribution is -2.46. The second-order valence-electron chi connectivity index (χ2n) is 11.0. The van der Waals surface area contributed by atoms with Crippen molar-refractivity contribution < 1.29 is 38.4 Å². The van der Waals surface area contributed by atoms with E-state index in [1.54, 1.807) is 35.2 Å². The fraction of sp³-hybridized carbons (Fsp3) is 0.344. The molecular weight excluding hydrogens is 554 g/mol. The van der Waals surface area contributed by atoms with Crippen LogP contribution in [0.1, 0.15) is 35.3 Å². The lowest BCUT2D eigenvalue weighted by atomic mass is 10.1. The van der Waals surface area contributed by atoms with Gasteiger partial charge in [-0.25, -0.2) is 9.59 Å². The van der Waals surface area contributed by atoms with E-state index in [0.29, 0.717) is 35.0 Å². The number of carboxylic acid groups (broad SMARTS) is 1. The minimum atomic E-state index is -1.02. The Morgan fingerprint density at radius 1 is 1.00 bits per heavy atom. The van der Waals surface area contributed by atoms with E-state index in [4.69, 9.17) is 24.1 Å². The highest BCUT2D eigenvalue weighted by Gasteiger charge is 2.54. The highest BCUT2D eigenvalue weighted by atomic mass is 16.8. The number of methoxy groups -OCH3 is 1. The van der Waals surface area contributed by atoms with Crippen LogP contribution in [0, 0.1) is 6.92 Å². The topological polar surface area (TPSA) is 136 Å². The van der Waals surface area contributed by atoms with Gasteiger partial charge in [0.25, 0.3) is 0 Å². The molecule has 2 heterocycles. The summed E-state index contributed by atoms with van der Waals surface area (Å²) in [6, 6.07) is 17.9. The van der Waals surface area contributed by atoms with Crippen LogP contribution in [-0.2, 0) is 20.7 Å². The molecule has 43 heavy (non-hydrogen) atoms. The molecule has 0 aromatic heterocycles. The van der Waals surface area contributed by atoms with E-state index in [0.717, 1.165) is 5.56 Å². The van der Waals surface area contributed by atoms with Gasteiger partial charge in [-0.05, 0) is 74.4 Å². The molecule has 3 aromatic rings. The van der Waals surface area contributed by atoms with Crippen molar-refractivity contribution in [2.45, 2.75) is 51.2 Å². The van der Waals surface area contributed by atoms with E-state index in [2.05, 4.69) is 10.6 Å². The van der Waals surface area contributed by atoms with Crippen molar-refractivity contribution in [3.8, 4) is 11.5 Å². The number of hydrogen-bond donors (Lipinski definition) is 3. The highest BCUT2D eigenvalue weighted by Crippen LogP contribution is 2.37. The van der Waals surface area contributed by atoms with Crippen molar-refractivity contribution in [1.29, 1.82) is 0 Å². The molecule has 0 aliphatic carbocycles. The van der Waals surface area contributed by atoms with Crippen LogP contribution in [0.25, 0.3) is 0 Å². The third-order valence-electron chi connectivity index (χ3n) is 7.48. The summed E-state index contributed by atoms with van der Waals surface area (Å²) in [5, 5.41) is 14.8. The van der Waals surface area contributed by atoms with Crippen LogP contribution >= 0.6 is 0 Å². The molecule has 3 amide bonds. The maximum atomic E-state index is 13.6. The number of carbonyl (C=O) groups excluding carboxylic acids is 2. The number of anilines is 2. The standard InChI is InChI=1S/C32H35N3O8/c1-19-7-5-6-8-23(19)33-31(39)34-24-14-9-20(15-26(24)40-4)16-28(36)35-17-27-29(43-32(2,3)42-27)25(35)18-41-22-12-10-21(11-13-22)30(37)38/h5-15,25,27,29H,16-18H2,1-4H3,(H,37,38)(H2,33,34,39)/t25-,27+,29-/m1/s1. The first-order valence-electron chi connectivity index (χ1n) is 13.9. The Bertz CT molecular complexity index is 1510. The zero-order valence-corrected chi connectivity index (χ0v) is 24.5. The van der Waals surface area contributed by atoms with Gasteiger partial charge in [0, 0.05) is 5.69 Å². The first-order valence-corrected chi connectivity index (χ1v) is 13.9. The van der Waals surface area contributed by atoms with Gasteiger partial charge < -0.3 is 39.6 Å². The van der Waals surface area contributed by atoms with Crippen molar-refractivity contribution in [1.82, 2.24) is 4.90 Å². The number of hydrogen-bond acceptors (Lipinski definition) is 7. The van der Waals surface area contributed by atoms with Crippen LogP contribution in [0.4, 0.5) is 16.2 Å². The van der Waals surface area contributed by atoms with Gasteiger partial charge in [-0.1, -0.05) is 24.3 Å². The summed E-state index contributed by atoms with van der Waals surface area (Å²) in [4.78, 5) is 39.1. The van der Waals surface area contributed by atoms with Crippen LogP contribution in [-0.4, -0.2) is 72.2 Å². The van der Waals surface area contributed by atoms with Crippen molar-refractivity contribution in [3.05, 3.63) is 83.4 Å². The van der Waals surface area contributed by atoms with Crippen LogP contribution in [0.15, 0.2) is 66.7 Å². The molecular formula is C32H35N3O8. The molecule has 226 valence electrons. The first-order chi connectivity index (χ1) is 20.5. The number of urea groups is 1. The summed E-state index contributed by atoms with van der Waals surface area (Å²) in [6.45, 7) is 6.06. The number of fused-ring (bicyclic) bond motifs is 1. The van der Waals surface area contributed by atoms with Gasteiger partial charge >= 0.3 is 12.0 Å². The monoisotopic (exact) mass is 589 g/mol. The molecule has 3 aromatic carbocycles. The molecule has 3 atom stereocenters. The number of nitrogens with one attached hydrogen (secondary N) is 2.